The van der Waals surface area contributed by atoms with E-state index in [1.54, 1.807) is 0 Å². The Labute approximate surface area is 161 Å². The van der Waals surface area contributed by atoms with Crippen LogP contribution in [0.5, 0.6) is 0 Å². The summed E-state index contributed by atoms with van der Waals surface area (Å²) in [6.45, 7) is 4.25. The molecule has 7 nitrogen and oxygen atoms in total. The van der Waals surface area contributed by atoms with Gasteiger partial charge in [0.05, 0.1) is 5.92 Å². The Hall–Kier alpha value is -1.90. The number of benzene rings is 1. The number of unbranched alkanes of at least 4 members (excludes halogenated alkanes) is 1. The minimum Gasteiger partial charge on any atom is -0.426 e. The average molecular weight is 377 g/mol. The standard InChI is InChI=1S/C19H32BN3O4/c1-3-9-16(19(25)22-13-8-7-12-17(21)20(26)27)23-18(24)14(2)15-10-5-4-6-11-15/h4-6,10-11,14,16-17,26-27H,3,7-9,12-13,21H2,1-2H3,(H,22,25)(H,23,24). The Balaban J connectivity index is 2.44. The molecule has 0 aliphatic heterocycles. The molecule has 0 saturated carbocycles. The summed E-state index contributed by atoms with van der Waals surface area (Å²) in [4.78, 5) is 24.9. The van der Waals surface area contributed by atoms with Gasteiger partial charge >= 0.3 is 7.12 Å². The molecule has 0 aromatic heterocycles. The smallest absolute Gasteiger partial charge is 0.426 e. The zero-order valence-corrected chi connectivity index (χ0v) is 16.2. The van der Waals surface area contributed by atoms with Gasteiger partial charge in [0.25, 0.3) is 0 Å². The molecule has 27 heavy (non-hydrogen) atoms. The van der Waals surface area contributed by atoms with Gasteiger partial charge in [-0.3, -0.25) is 9.59 Å². The second-order valence-electron chi connectivity index (χ2n) is 6.85. The first kappa shape index (κ1) is 23.1. The fraction of sp³-hybridized carbons (Fsp3) is 0.579. The van der Waals surface area contributed by atoms with E-state index in [-0.39, 0.29) is 17.7 Å². The van der Waals surface area contributed by atoms with E-state index in [9.17, 15) is 9.59 Å². The molecule has 0 spiro atoms. The molecule has 150 valence electrons. The lowest BCUT2D eigenvalue weighted by Crippen LogP contribution is -2.48. The van der Waals surface area contributed by atoms with Crippen LogP contribution in [-0.4, -0.2) is 47.5 Å². The Morgan fingerprint density at radius 1 is 1.11 bits per heavy atom. The van der Waals surface area contributed by atoms with E-state index in [2.05, 4.69) is 10.6 Å². The van der Waals surface area contributed by atoms with Gasteiger partial charge in [-0.2, -0.15) is 0 Å². The fourth-order valence-corrected chi connectivity index (χ4v) is 2.74. The summed E-state index contributed by atoms with van der Waals surface area (Å²) in [6.07, 6.45) is 3.17. The van der Waals surface area contributed by atoms with Crippen LogP contribution in [0.3, 0.4) is 0 Å². The number of carbonyl (C=O) groups is 2. The maximum absolute atomic E-state index is 12.5. The second kappa shape index (κ2) is 12.5. The number of hydrogen-bond donors (Lipinski definition) is 5. The summed E-state index contributed by atoms with van der Waals surface area (Å²) in [5, 5.41) is 23.5. The summed E-state index contributed by atoms with van der Waals surface area (Å²) >= 11 is 0. The van der Waals surface area contributed by atoms with Crippen molar-refractivity contribution < 1.29 is 19.6 Å². The lowest BCUT2D eigenvalue weighted by Gasteiger charge is -2.20. The molecule has 1 aromatic rings. The third-order valence-corrected chi connectivity index (χ3v) is 4.55. The van der Waals surface area contributed by atoms with Crippen LogP contribution in [0, 0.1) is 0 Å². The summed E-state index contributed by atoms with van der Waals surface area (Å²) in [5.74, 6) is -1.37. The highest BCUT2D eigenvalue weighted by molar-refractivity contribution is 6.43. The van der Waals surface area contributed by atoms with Crippen LogP contribution in [0.1, 0.15) is 57.4 Å². The third-order valence-electron chi connectivity index (χ3n) is 4.55. The molecule has 1 rings (SSSR count). The molecule has 8 heteroatoms. The monoisotopic (exact) mass is 377 g/mol. The maximum atomic E-state index is 12.5. The Morgan fingerprint density at radius 3 is 2.37 bits per heavy atom. The minimum absolute atomic E-state index is 0.169. The predicted molar refractivity (Wildman–Crippen MR) is 107 cm³/mol. The van der Waals surface area contributed by atoms with E-state index in [0.717, 1.165) is 12.0 Å². The van der Waals surface area contributed by atoms with Crippen molar-refractivity contribution >= 4 is 18.9 Å². The molecule has 0 fully saturated rings. The number of nitrogens with one attached hydrogen (secondary N) is 2. The first-order chi connectivity index (χ1) is 12.9. The Morgan fingerprint density at radius 2 is 1.78 bits per heavy atom. The van der Waals surface area contributed by atoms with Crippen LogP contribution in [-0.2, 0) is 9.59 Å². The molecule has 3 unspecified atom stereocenters. The minimum atomic E-state index is -1.52. The van der Waals surface area contributed by atoms with Gasteiger partial charge in [0.2, 0.25) is 11.8 Å². The van der Waals surface area contributed by atoms with Gasteiger partial charge in [-0.15, -0.1) is 0 Å². The molecule has 0 bridgehead atoms. The van der Waals surface area contributed by atoms with Gasteiger partial charge < -0.3 is 26.4 Å². The molecular weight excluding hydrogens is 345 g/mol. The van der Waals surface area contributed by atoms with Crippen molar-refractivity contribution in [2.75, 3.05) is 6.54 Å². The number of carbonyl (C=O) groups excluding carboxylic acids is 2. The van der Waals surface area contributed by atoms with Crippen molar-refractivity contribution in [1.82, 2.24) is 10.6 Å². The number of hydrogen-bond acceptors (Lipinski definition) is 5. The second-order valence-corrected chi connectivity index (χ2v) is 6.85. The molecule has 0 heterocycles. The van der Waals surface area contributed by atoms with Gasteiger partial charge in [-0.1, -0.05) is 50.1 Å². The summed E-state index contributed by atoms with van der Waals surface area (Å²) < 4.78 is 0. The van der Waals surface area contributed by atoms with E-state index in [1.165, 1.54) is 0 Å². The Bertz CT molecular complexity index is 571. The first-order valence-electron chi connectivity index (χ1n) is 9.61. The summed E-state index contributed by atoms with van der Waals surface area (Å²) in [6, 6.07) is 8.90. The van der Waals surface area contributed by atoms with Crippen LogP contribution in [0.4, 0.5) is 0 Å². The average Bonchev–Trinajstić information content (AvgIpc) is 2.66. The van der Waals surface area contributed by atoms with Crippen molar-refractivity contribution in [2.45, 2.75) is 63.9 Å². The quantitative estimate of drug-likeness (QED) is 0.271. The Kier molecular flexibility index (Phi) is 10.7. The third kappa shape index (κ3) is 8.56. The highest BCUT2D eigenvalue weighted by Crippen LogP contribution is 2.15. The predicted octanol–water partition coefficient (Wildman–Crippen LogP) is 0.701. The largest absolute Gasteiger partial charge is 0.469 e. The van der Waals surface area contributed by atoms with Crippen LogP contribution in [0.2, 0.25) is 0 Å². The maximum Gasteiger partial charge on any atom is 0.469 e. The van der Waals surface area contributed by atoms with Gasteiger partial charge in [-0.05, 0) is 31.7 Å². The van der Waals surface area contributed by atoms with Crippen molar-refractivity contribution in [3.8, 4) is 0 Å². The topological polar surface area (TPSA) is 125 Å². The molecular formula is C19H32BN3O4. The molecule has 3 atom stereocenters. The van der Waals surface area contributed by atoms with E-state index >= 15 is 0 Å². The molecule has 0 aliphatic carbocycles. The van der Waals surface area contributed by atoms with Gasteiger partial charge in [0.15, 0.2) is 0 Å². The molecule has 2 amide bonds. The molecule has 0 aliphatic rings. The summed E-state index contributed by atoms with van der Waals surface area (Å²) in [5.41, 5.74) is 6.45. The van der Waals surface area contributed by atoms with Gasteiger partial charge in [-0.25, -0.2) is 0 Å². The molecule has 6 N–H and O–H groups in total. The van der Waals surface area contributed by atoms with E-state index in [0.29, 0.717) is 32.2 Å². The van der Waals surface area contributed by atoms with Crippen LogP contribution in [0.15, 0.2) is 30.3 Å². The first-order valence-corrected chi connectivity index (χ1v) is 9.61. The van der Waals surface area contributed by atoms with Gasteiger partial charge in [0, 0.05) is 12.5 Å². The molecule has 0 radical (unpaired) electrons. The lowest BCUT2D eigenvalue weighted by molar-refractivity contribution is -0.129. The highest BCUT2D eigenvalue weighted by atomic mass is 16.4. The highest BCUT2D eigenvalue weighted by Gasteiger charge is 2.23. The van der Waals surface area contributed by atoms with Crippen LogP contribution < -0.4 is 16.4 Å². The lowest BCUT2D eigenvalue weighted by atomic mass is 9.77. The van der Waals surface area contributed by atoms with Crippen LogP contribution >= 0.6 is 0 Å². The SMILES string of the molecule is CCCC(NC(=O)C(C)c1ccccc1)C(=O)NCCCCC(N)B(O)O. The zero-order valence-electron chi connectivity index (χ0n) is 16.2. The van der Waals surface area contributed by atoms with Gasteiger partial charge in [0.1, 0.15) is 6.04 Å². The van der Waals surface area contributed by atoms with E-state index in [1.807, 2.05) is 44.2 Å². The van der Waals surface area contributed by atoms with Crippen molar-refractivity contribution in [2.24, 2.45) is 5.73 Å². The normalized spacial score (nSPS) is 14.1. The zero-order chi connectivity index (χ0) is 20.2. The number of amides is 2. The number of nitrogens with two attached hydrogens (primary N) is 1. The van der Waals surface area contributed by atoms with Crippen LogP contribution in [0.25, 0.3) is 0 Å². The molecule has 0 saturated heterocycles. The van der Waals surface area contributed by atoms with Crippen molar-refractivity contribution in [3.05, 3.63) is 35.9 Å². The number of rotatable bonds is 12. The fourth-order valence-electron chi connectivity index (χ4n) is 2.74. The van der Waals surface area contributed by atoms with Crippen molar-refractivity contribution in [3.63, 3.8) is 0 Å². The van der Waals surface area contributed by atoms with E-state index in [4.69, 9.17) is 15.8 Å². The summed E-state index contributed by atoms with van der Waals surface area (Å²) in [7, 11) is -1.52. The van der Waals surface area contributed by atoms with E-state index < -0.39 is 19.1 Å². The van der Waals surface area contributed by atoms with Crippen molar-refractivity contribution in [1.29, 1.82) is 0 Å². The molecule has 1 aromatic carbocycles.